The van der Waals surface area contributed by atoms with Gasteiger partial charge in [-0.25, -0.2) is 5.43 Å². The highest BCUT2D eigenvalue weighted by Crippen LogP contribution is 2.36. The zero-order chi connectivity index (χ0) is 13.9. The van der Waals surface area contributed by atoms with E-state index in [9.17, 15) is 4.79 Å². The molecule has 1 fully saturated rings. The second-order valence-electron chi connectivity index (χ2n) is 6.32. The summed E-state index contributed by atoms with van der Waals surface area (Å²) in [4.78, 5) is 12.9. The Labute approximate surface area is 119 Å². The third kappa shape index (κ3) is 4.46. The molecular formula is C15H22N2OS. The van der Waals surface area contributed by atoms with Crippen LogP contribution in [-0.2, 0) is 11.2 Å². The molecule has 0 spiro atoms. The molecule has 1 heterocycles. The van der Waals surface area contributed by atoms with Gasteiger partial charge < -0.3 is 0 Å². The normalized spacial score (nSPS) is 24.4. The molecule has 19 heavy (non-hydrogen) atoms. The van der Waals surface area contributed by atoms with Gasteiger partial charge in [-0.3, -0.25) is 4.79 Å². The lowest BCUT2D eigenvalue weighted by Crippen LogP contribution is -2.30. The van der Waals surface area contributed by atoms with E-state index in [-0.39, 0.29) is 5.91 Å². The van der Waals surface area contributed by atoms with Crippen molar-refractivity contribution in [2.24, 2.45) is 16.4 Å². The second kappa shape index (κ2) is 5.87. The van der Waals surface area contributed by atoms with Crippen LogP contribution in [0.1, 0.15) is 44.9 Å². The van der Waals surface area contributed by atoms with Crippen molar-refractivity contribution in [3.8, 4) is 0 Å². The Morgan fingerprint density at radius 3 is 3.00 bits per heavy atom. The number of amides is 1. The van der Waals surface area contributed by atoms with Crippen molar-refractivity contribution >= 4 is 23.0 Å². The highest BCUT2D eigenvalue weighted by atomic mass is 32.1. The molecule has 1 aliphatic carbocycles. The first-order valence-corrected chi connectivity index (χ1v) is 7.69. The van der Waals surface area contributed by atoms with Crippen LogP contribution in [-0.4, -0.2) is 11.6 Å². The fourth-order valence-corrected chi connectivity index (χ4v) is 3.66. The predicted octanol–water partition coefficient (Wildman–Crippen LogP) is 3.61. The van der Waals surface area contributed by atoms with E-state index in [0.29, 0.717) is 17.8 Å². The van der Waals surface area contributed by atoms with Crippen LogP contribution in [0.3, 0.4) is 0 Å². The Kier molecular flexibility index (Phi) is 4.40. The van der Waals surface area contributed by atoms with Gasteiger partial charge in [-0.2, -0.15) is 5.10 Å². The molecule has 1 unspecified atom stereocenters. The van der Waals surface area contributed by atoms with E-state index in [1.165, 1.54) is 6.42 Å². The smallest absolute Gasteiger partial charge is 0.245 e. The Morgan fingerprint density at radius 1 is 1.58 bits per heavy atom. The van der Waals surface area contributed by atoms with Crippen LogP contribution >= 0.6 is 11.3 Å². The van der Waals surface area contributed by atoms with Gasteiger partial charge in [-0.1, -0.05) is 26.8 Å². The van der Waals surface area contributed by atoms with E-state index >= 15 is 0 Å². The summed E-state index contributed by atoms with van der Waals surface area (Å²) in [6, 6.07) is 3.94. The molecule has 1 amide bonds. The van der Waals surface area contributed by atoms with Gasteiger partial charge in [-0.05, 0) is 42.0 Å². The molecule has 1 atom stereocenters. The molecule has 0 aromatic carbocycles. The molecule has 1 aromatic heterocycles. The average molecular weight is 278 g/mol. The summed E-state index contributed by atoms with van der Waals surface area (Å²) >= 11 is 1.60. The monoisotopic (exact) mass is 278 g/mol. The van der Waals surface area contributed by atoms with Gasteiger partial charge in [0.15, 0.2) is 0 Å². The number of carbonyl (C=O) groups is 1. The summed E-state index contributed by atoms with van der Waals surface area (Å²) in [5.41, 5.74) is 4.13. The van der Waals surface area contributed by atoms with Crippen LogP contribution in [0.15, 0.2) is 22.6 Å². The number of nitrogens with zero attached hydrogens (tertiary/aromatic N) is 1. The minimum absolute atomic E-state index is 0.0222. The molecule has 1 aliphatic rings. The first-order chi connectivity index (χ1) is 8.94. The average Bonchev–Trinajstić information content (AvgIpc) is 2.76. The second-order valence-corrected chi connectivity index (χ2v) is 7.36. The quantitative estimate of drug-likeness (QED) is 0.843. The third-order valence-electron chi connectivity index (χ3n) is 3.42. The molecule has 1 N–H and O–H groups in total. The maximum Gasteiger partial charge on any atom is 0.245 e. The molecule has 0 saturated heterocycles. The molecule has 104 valence electrons. The van der Waals surface area contributed by atoms with E-state index in [0.717, 1.165) is 23.4 Å². The van der Waals surface area contributed by atoms with E-state index in [2.05, 4.69) is 31.3 Å². The van der Waals surface area contributed by atoms with Crippen molar-refractivity contribution in [2.45, 2.75) is 46.5 Å². The highest BCUT2D eigenvalue weighted by molar-refractivity contribution is 7.10. The van der Waals surface area contributed by atoms with Gasteiger partial charge in [0, 0.05) is 10.6 Å². The lowest BCUT2D eigenvalue weighted by Gasteiger charge is -2.34. The summed E-state index contributed by atoms with van der Waals surface area (Å²) in [5, 5.41) is 6.32. The Bertz CT molecular complexity index is 462. The lowest BCUT2D eigenvalue weighted by atomic mass is 9.72. The largest absolute Gasteiger partial charge is 0.273 e. The van der Waals surface area contributed by atoms with Crippen LogP contribution in [0.25, 0.3) is 0 Å². The van der Waals surface area contributed by atoms with Crippen molar-refractivity contribution in [2.75, 3.05) is 0 Å². The number of rotatable bonds is 3. The van der Waals surface area contributed by atoms with Crippen LogP contribution in [0.4, 0.5) is 0 Å². The van der Waals surface area contributed by atoms with Gasteiger partial charge in [0.2, 0.25) is 5.91 Å². The number of hydrogen-bond donors (Lipinski definition) is 1. The van der Waals surface area contributed by atoms with Crippen molar-refractivity contribution in [1.29, 1.82) is 0 Å². The highest BCUT2D eigenvalue weighted by Gasteiger charge is 2.29. The van der Waals surface area contributed by atoms with Crippen molar-refractivity contribution < 1.29 is 4.79 Å². The number of hydrazone groups is 1. The van der Waals surface area contributed by atoms with Crippen LogP contribution in [0, 0.1) is 11.3 Å². The summed E-state index contributed by atoms with van der Waals surface area (Å²) < 4.78 is 0. The Hall–Kier alpha value is -1.16. The first kappa shape index (κ1) is 14.3. The minimum Gasteiger partial charge on any atom is -0.273 e. The molecule has 3 nitrogen and oxygen atoms in total. The first-order valence-electron chi connectivity index (χ1n) is 6.81. The number of nitrogens with one attached hydrogen (secondary N) is 1. The number of hydrogen-bond acceptors (Lipinski definition) is 3. The summed E-state index contributed by atoms with van der Waals surface area (Å²) in [6.45, 7) is 6.79. The van der Waals surface area contributed by atoms with E-state index in [1.54, 1.807) is 11.3 Å². The van der Waals surface area contributed by atoms with E-state index < -0.39 is 0 Å². The van der Waals surface area contributed by atoms with Crippen LogP contribution in [0.5, 0.6) is 0 Å². The van der Waals surface area contributed by atoms with Crippen molar-refractivity contribution in [3.63, 3.8) is 0 Å². The molecule has 0 bridgehead atoms. The van der Waals surface area contributed by atoms with Gasteiger partial charge in [-0.15, -0.1) is 11.3 Å². The predicted molar refractivity (Wildman–Crippen MR) is 80.4 cm³/mol. The Balaban J connectivity index is 1.89. The van der Waals surface area contributed by atoms with Crippen LogP contribution in [0.2, 0.25) is 0 Å². The third-order valence-corrected chi connectivity index (χ3v) is 4.30. The van der Waals surface area contributed by atoms with Crippen LogP contribution < -0.4 is 5.43 Å². The summed E-state index contributed by atoms with van der Waals surface area (Å²) in [5.74, 6) is 0.627. The Morgan fingerprint density at radius 2 is 2.37 bits per heavy atom. The maximum atomic E-state index is 11.8. The van der Waals surface area contributed by atoms with Gasteiger partial charge >= 0.3 is 0 Å². The standard InChI is InChI=1S/C15H22N2OS/c1-11-7-12(10-15(2,3)9-11)16-17-14(18)8-13-5-4-6-19-13/h4-6,11H,7-10H2,1-3H3,(H,17,18)/b16-12-. The molecule has 1 saturated carbocycles. The minimum atomic E-state index is -0.0222. The molecule has 2 rings (SSSR count). The number of carbonyl (C=O) groups excluding carboxylic acids is 1. The molecular weight excluding hydrogens is 256 g/mol. The van der Waals surface area contributed by atoms with Crippen molar-refractivity contribution in [1.82, 2.24) is 5.43 Å². The maximum absolute atomic E-state index is 11.8. The fourth-order valence-electron chi connectivity index (χ4n) is 2.95. The zero-order valence-electron chi connectivity index (χ0n) is 11.9. The van der Waals surface area contributed by atoms with Gasteiger partial charge in [0.25, 0.3) is 0 Å². The van der Waals surface area contributed by atoms with Crippen molar-refractivity contribution in [3.05, 3.63) is 22.4 Å². The zero-order valence-corrected chi connectivity index (χ0v) is 12.7. The van der Waals surface area contributed by atoms with E-state index in [4.69, 9.17) is 0 Å². The molecule has 0 radical (unpaired) electrons. The molecule has 4 heteroatoms. The van der Waals surface area contributed by atoms with Gasteiger partial charge in [0.05, 0.1) is 6.42 Å². The summed E-state index contributed by atoms with van der Waals surface area (Å²) in [7, 11) is 0. The SMILES string of the molecule is CC1C/C(=N/NC(=O)Cc2cccs2)CC(C)(C)C1. The fraction of sp³-hybridized carbons (Fsp3) is 0.600. The number of thiophene rings is 1. The van der Waals surface area contributed by atoms with Gasteiger partial charge in [0.1, 0.15) is 0 Å². The summed E-state index contributed by atoms with van der Waals surface area (Å²) in [6.07, 6.45) is 3.64. The molecule has 1 aromatic rings. The molecule has 0 aliphatic heterocycles. The van der Waals surface area contributed by atoms with E-state index in [1.807, 2.05) is 17.5 Å². The topological polar surface area (TPSA) is 41.5 Å². The lowest BCUT2D eigenvalue weighted by molar-refractivity contribution is -0.120.